The summed E-state index contributed by atoms with van der Waals surface area (Å²) in [5, 5.41) is 4.30. The summed E-state index contributed by atoms with van der Waals surface area (Å²) in [6.45, 7) is 2.21. The van der Waals surface area contributed by atoms with Crippen molar-refractivity contribution in [3.05, 3.63) is 90.5 Å². The van der Waals surface area contributed by atoms with E-state index in [9.17, 15) is 0 Å². The summed E-state index contributed by atoms with van der Waals surface area (Å²) in [5.74, 6) is 0. The molecular weight excluding hydrogens is 339 g/mol. The van der Waals surface area contributed by atoms with E-state index in [0.29, 0.717) is 0 Å². The first-order valence-electron chi connectivity index (χ1n) is 7.57. The van der Waals surface area contributed by atoms with Crippen LogP contribution >= 0.6 is 32.3 Å². The Bertz CT molecular complexity index is 704. The number of hydrogen-bond acceptors (Lipinski definition) is 1. The number of aryl methyl sites for hydroxylation is 1. The van der Waals surface area contributed by atoms with Gasteiger partial charge in [-0.15, -0.1) is 12.4 Å². The third-order valence-corrected chi connectivity index (χ3v) is 10.4. The summed E-state index contributed by atoms with van der Waals surface area (Å²) in [7, 11) is -2.08. The Morgan fingerprint density at radius 3 is 1.57 bits per heavy atom. The Labute approximate surface area is 151 Å². The van der Waals surface area contributed by atoms with Crippen LogP contribution in [0, 0.1) is 6.92 Å². The summed E-state index contributed by atoms with van der Waals surface area (Å²) in [6.07, 6.45) is 0. The minimum absolute atomic E-state index is 0. The van der Waals surface area contributed by atoms with Crippen LogP contribution < -0.4 is 15.9 Å². The summed E-state index contributed by atoms with van der Waals surface area (Å²) in [5.41, 5.74) is 2.22. The van der Waals surface area contributed by atoms with Gasteiger partial charge in [-0.1, -0.05) is 0 Å². The van der Waals surface area contributed by atoms with Gasteiger partial charge in [-0.3, -0.25) is 0 Å². The van der Waals surface area contributed by atoms with Crippen LogP contribution in [0.2, 0.25) is 0 Å². The molecule has 0 aromatic heterocycles. The van der Waals surface area contributed by atoms with Crippen LogP contribution in [0.15, 0.2) is 84.9 Å². The zero-order valence-corrected chi connectivity index (χ0v) is 15.9. The second kappa shape index (κ2) is 8.02. The topological polar surface area (TPSA) is 0 Å². The van der Waals surface area contributed by atoms with Gasteiger partial charge >= 0.3 is 139 Å². The SMILES string of the molecule is Cc1ccccc1[PH](CS)(c1ccccc1)c1ccccc1.Cl. The maximum atomic E-state index is 4.84. The Kier molecular flexibility index (Phi) is 6.30. The molecule has 0 spiro atoms. The number of halogens is 1. The van der Waals surface area contributed by atoms with Crippen molar-refractivity contribution < 1.29 is 0 Å². The first-order chi connectivity index (χ1) is 10.8. The third kappa shape index (κ3) is 3.33. The van der Waals surface area contributed by atoms with Crippen LogP contribution in [-0.2, 0) is 0 Å². The van der Waals surface area contributed by atoms with Crippen LogP contribution in [0.25, 0.3) is 0 Å². The number of rotatable bonds is 4. The summed E-state index contributed by atoms with van der Waals surface area (Å²) < 4.78 is 0. The third-order valence-electron chi connectivity index (χ3n) is 4.38. The molecule has 0 aliphatic rings. The van der Waals surface area contributed by atoms with E-state index in [1.54, 1.807) is 0 Å². The first kappa shape index (κ1) is 18.1. The Balaban J connectivity index is 0.00000192. The standard InChI is InChI=1S/C20H21PS.ClH/c1-17-10-8-9-15-20(17)21(16-22,18-11-4-2-5-12-18)19-13-6-3-7-14-19;/h2-15,21-22H,16H2,1H3;1H. The Morgan fingerprint density at radius 2 is 1.13 bits per heavy atom. The largest absolute Gasteiger partial charge is 0.147 e. The minimum atomic E-state index is -2.08. The molecule has 0 amide bonds. The molecule has 0 saturated carbocycles. The van der Waals surface area contributed by atoms with Crippen LogP contribution in [0.5, 0.6) is 0 Å². The second-order valence-corrected chi connectivity index (χ2v) is 10.4. The fraction of sp³-hybridized carbons (Fsp3) is 0.100. The van der Waals surface area contributed by atoms with E-state index in [4.69, 9.17) is 12.6 Å². The average molecular weight is 361 g/mol. The van der Waals surface area contributed by atoms with Crippen molar-refractivity contribution in [3.8, 4) is 0 Å². The van der Waals surface area contributed by atoms with Crippen molar-refractivity contribution in [1.29, 1.82) is 0 Å². The molecule has 0 aliphatic carbocycles. The Hall–Kier alpha value is -1.27. The Morgan fingerprint density at radius 1 is 0.696 bits per heavy atom. The fourth-order valence-corrected chi connectivity index (χ4v) is 9.00. The zero-order valence-electron chi connectivity index (χ0n) is 13.1. The van der Waals surface area contributed by atoms with Gasteiger partial charge in [0.05, 0.1) is 0 Å². The van der Waals surface area contributed by atoms with E-state index in [2.05, 4.69) is 91.9 Å². The van der Waals surface area contributed by atoms with Crippen LogP contribution in [0.4, 0.5) is 0 Å². The number of hydrogen-bond donors (Lipinski definition) is 1. The molecule has 0 bridgehead atoms. The summed E-state index contributed by atoms with van der Waals surface area (Å²) in [4.78, 5) is 0. The summed E-state index contributed by atoms with van der Waals surface area (Å²) >= 11 is 4.84. The van der Waals surface area contributed by atoms with E-state index >= 15 is 0 Å². The normalized spacial score (nSPS) is 11.6. The molecule has 0 N–H and O–H groups in total. The monoisotopic (exact) mass is 360 g/mol. The molecule has 0 saturated heterocycles. The van der Waals surface area contributed by atoms with Gasteiger partial charge in [0.2, 0.25) is 0 Å². The van der Waals surface area contributed by atoms with Gasteiger partial charge in [0.1, 0.15) is 0 Å². The molecule has 3 aromatic carbocycles. The van der Waals surface area contributed by atoms with Crippen LogP contribution in [0.1, 0.15) is 5.56 Å². The van der Waals surface area contributed by atoms with Crippen LogP contribution in [-0.4, -0.2) is 5.49 Å². The van der Waals surface area contributed by atoms with Crippen molar-refractivity contribution in [2.75, 3.05) is 5.49 Å². The van der Waals surface area contributed by atoms with Gasteiger partial charge in [-0.2, -0.15) is 0 Å². The quantitative estimate of drug-likeness (QED) is 0.519. The van der Waals surface area contributed by atoms with Gasteiger partial charge in [0.15, 0.2) is 0 Å². The van der Waals surface area contributed by atoms with Gasteiger partial charge in [0, 0.05) is 0 Å². The molecule has 0 fully saturated rings. The number of benzene rings is 3. The van der Waals surface area contributed by atoms with E-state index in [-0.39, 0.29) is 12.4 Å². The van der Waals surface area contributed by atoms with Gasteiger partial charge in [-0.05, 0) is 0 Å². The van der Waals surface area contributed by atoms with Crippen molar-refractivity contribution in [3.63, 3.8) is 0 Å². The second-order valence-electron chi connectivity index (χ2n) is 5.61. The predicted octanol–water partition coefficient (Wildman–Crippen LogP) is 4.33. The molecule has 3 aromatic rings. The molecular formula is C20H22ClPS. The molecule has 0 unspecified atom stereocenters. The van der Waals surface area contributed by atoms with E-state index in [0.717, 1.165) is 5.49 Å². The molecule has 0 heterocycles. The zero-order chi connectivity index (χ0) is 15.4. The molecule has 0 atom stereocenters. The molecule has 3 rings (SSSR count). The van der Waals surface area contributed by atoms with Crippen molar-refractivity contribution in [2.45, 2.75) is 6.92 Å². The minimum Gasteiger partial charge on any atom is -0.147 e. The average Bonchev–Trinajstić information content (AvgIpc) is 2.59. The first-order valence-corrected chi connectivity index (χ1v) is 10.4. The van der Waals surface area contributed by atoms with Crippen molar-refractivity contribution in [1.82, 2.24) is 0 Å². The molecule has 23 heavy (non-hydrogen) atoms. The van der Waals surface area contributed by atoms with Crippen molar-refractivity contribution >= 4 is 48.2 Å². The molecule has 0 radical (unpaired) electrons. The molecule has 0 aliphatic heterocycles. The molecule has 3 heteroatoms. The number of thiol groups is 1. The predicted molar refractivity (Wildman–Crippen MR) is 112 cm³/mol. The smallest absolute Gasteiger partial charge is 0.147 e. The van der Waals surface area contributed by atoms with Crippen LogP contribution in [0.3, 0.4) is 0 Å². The van der Waals surface area contributed by atoms with E-state index in [1.165, 1.54) is 21.5 Å². The van der Waals surface area contributed by atoms with E-state index in [1.807, 2.05) is 0 Å². The van der Waals surface area contributed by atoms with Gasteiger partial charge in [-0.25, -0.2) is 0 Å². The maximum Gasteiger partial charge on any atom is -0.147 e. The van der Waals surface area contributed by atoms with Gasteiger partial charge < -0.3 is 0 Å². The molecule has 120 valence electrons. The summed E-state index contributed by atoms with van der Waals surface area (Å²) in [6, 6.07) is 30.6. The molecule has 0 nitrogen and oxygen atoms in total. The van der Waals surface area contributed by atoms with Gasteiger partial charge in [0.25, 0.3) is 0 Å². The van der Waals surface area contributed by atoms with Crippen molar-refractivity contribution in [2.24, 2.45) is 0 Å². The fourth-order valence-electron chi connectivity index (χ4n) is 3.24. The van der Waals surface area contributed by atoms with E-state index < -0.39 is 7.26 Å². The maximum absolute atomic E-state index is 4.84.